The number of amides is 1. The van der Waals surface area contributed by atoms with Crippen molar-refractivity contribution in [1.82, 2.24) is 4.90 Å². The molecule has 1 amide bonds. The normalized spacial score (nSPS) is 19.0. The fourth-order valence-corrected chi connectivity index (χ4v) is 6.32. The molecular formula is C22H27N3O3S2. The molecule has 8 heteroatoms. The molecule has 0 aromatic heterocycles. The fourth-order valence-electron chi connectivity index (χ4n) is 3.78. The van der Waals surface area contributed by atoms with Crippen molar-refractivity contribution in [3.63, 3.8) is 0 Å². The van der Waals surface area contributed by atoms with Gasteiger partial charge >= 0.3 is 0 Å². The van der Waals surface area contributed by atoms with Gasteiger partial charge in [0.25, 0.3) is 5.91 Å². The van der Waals surface area contributed by atoms with Gasteiger partial charge in [-0.2, -0.15) is 11.8 Å². The zero-order valence-corrected chi connectivity index (χ0v) is 18.6. The van der Waals surface area contributed by atoms with Crippen molar-refractivity contribution in [2.75, 3.05) is 53.1 Å². The van der Waals surface area contributed by atoms with E-state index in [1.807, 2.05) is 23.9 Å². The highest BCUT2D eigenvalue weighted by atomic mass is 32.2. The molecule has 0 unspecified atom stereocenters. The molecule has 30 heavy (non-hydrogen) atoms. The number of nitrogens with zero attached hydrogens (tertiary/aromatic N) is 2. The minimum atomic E-state index is -3.21. The summed E-state index contributed by atoms with van der Waals surface area (Å²) in [6.45, 7) is 3.91. The van der Waals surface area contributed by atoms with Gasteiger partial charge < -0.3 is 10.2 Å². The van der Waals surface area contributed by atoms with E-state index in [4.69, 9.17) is 0 Å². The third-order valence-corrected chi connectivity index (χ3v) is 8.36. The van der Waals surface area contributed by atoms with Gasteiger partial charge in [0.15, 0.2) is 0 Å². The van der Waals surface area contributed by atoms with Crippen molar-refractivity contribution >= 4 is 39.1 Å². The average molecular weight is 446 g/mol. The van der Waals surface area contributed by atoms with Crippen LogP contribution in [0.5, 0.6) is 0 Å². The second-order valence-electron chi connectivity index (χ2n) is 7.64. The summed E-state index contributed by atoms with van der Waals surface area (Å²) in [6.07, 6.45) is 1.65. The third-order valence-electron chi connectivity index (χ3n) is 5.55. The number of hydrogen-bond acceptors (Lipinski definition) is 5. The van der Waals surface area contributed by atoms with Crippen LogP contribution in [0.2, 0.25) is 0 Å². The number of anilines is 2. The van der Waals surface area contributed by atoms with Gasteiger partial charge in [-0.3, -0.25) is 9.10 Å². The SMILES string of the molecule is O=C(Nc1ccc(CCN2CCSCC2)cc1)c1ccc(N2CCCS2(=O)=O)cc1. The molecule has 0 saturated carbocycles. The molecule has 0 atom stereocenters. The van der Waals surface area contributed by atoms with E-state index in [1.54, 1.807) is 24.3 Å². The van der Waals surface area contributed by atoms with Gasteiger partial charge in [-0.15, -0.1) is 0 Å². The summed E-state index contributed by atoms with van der Waals surface area (Å²) in [4.78, 5) is 15.0. The van der Waals surface area contributed by atoms with Crippen LogP contribution >= 0.6 is 11.8 Å². The Bertz CT molecular complexity index is 970. The van der Waals surface area contributed by atoms with Gasteiger partial charge in [-0.1, -0.05) is 12.1 Å². The van der Waals surface area contributed by atoms with Gasteiger partial charge in [-0.25, -0.2) is 8.42 Å². The van der Waals surface area contributed by atoms with Gasteiger partial charge in [-0.05, 0) is 54.8 Å². The number of thioether (sulfide) groups is 1. The molecular weight excluding hydrogens is 418 g/mol. The first-order valence-corrected chi connectivity index (χ1v) is 13.1. The zero-order valence-electron chi connectivity index (χ0n) is 16.9. The summed E-state index contributed by atoms with van der Waals surface area (Å²) >= 11 is 2.02. The Hall–Kier alpha value is -2.03. The van der Waals surface area contributed by atoms with Crippen LogP contribution in [0.15, 0.2) is 48.5 Å². The topological polar surface area (TPSA) is 69.7 Å². The minimum absolute atomic E-state index is 0.183. The van der Waals surface area contributed by atoms with E-state index in [0.717, 1.165) is 18.7 Å². The zero-order chi connectivity index (χ0) is 21.0. The molecule has 2 aliphatic rings. The summed E-state index contributed by atoms with van der Waals surface area (Å²) < 4.78 is 25.5. The predicted molar refractivity (Wildman–Crippen MR) is 124 cm³/mol. The molecule has 0 spiro atoms. The lowest BCUT2D eigenvalue weighted by Gasteiger charge is -2.26. The summed E-state index contributed by atoms with van der Waals surface area (Å²) in [5, 5.41) is 2.91. The van der Waals surface area contributed by atoms with Crippen LogP contribution in [0.25, 0.3) is 0 Å². The molecule has 2 saturated heterocycles. The number of carbonyl (C=O) groups is 1. The lowest BCUT2D eigenvalue weighted by atomic mass is 10.1. The molecule has 160 valence electrons. The number of carbonyl (C=O) groups excluding carboxylic acids is 1. The maximum absolute atomic E-state index is 12.5. The predicted octanol–water partition coefficient (Wildman–Crippen LogP) is 3.07. The van der Waals surface area contributed by atoms with Crippen LogP contribution in [-0.2, 0) is 16.4 Å². The molecule has 2 aliphatic heterocycles. The first-order valence-electron chi connectivity index (χ1n) is 10.3. The summed E-state index contributed by atoms with van der Waals surface area (Å²) in [6, 6.07) is 14.7. The summed E-state index contributed by atoms with van der Waals surface area (Å²) in [7, 11) is -3.21. The van der Waals surface area contributed by atoms with Crippen molar-refractivity contribution in [1.29, 1.82) is 0 Å². The molecule has 0 radical (unpaired) electrons. The average Bonchev–Trinajstić information content (AvgIpc) is 3.13. The first-order chi connectivity index (χ1) is 14.5. The molecule has 2 heterocycles. The largest absolute Gasteiger partial charge is 0.322 e. The second-order valence-corrected chi connectivity index (χ2v) is 10.9. The quantitative estimate of drug-likeness (QED) is 0.740. The molecule has 0 bridgehead atoms. The van der Waals surface area contributed by atoms with Crippen molar-refractivity contribution in [2.45, 2.75) is 12.8 Å². The van der Waals surface area contributed by atoms with Crippen LogP contribution in [-0.4, -0.2) is 62.7 Å². The Kier molecular flexibility index (Phi) is 6.65. The maximum Gasteiger partial charge on any atom is 0.255 e. The molecule has 6 nitrogen and oxygen atoms in total. The van der Waals surface area contributed by atoms with Crippen LogP contribution in [0.4, 0.5) is 11.4 Å². The Labute approximate surface area is 182 Å². The van der Waals surface area contributed by atoms with E-state index >= 15 is 0 Å². The Morgan fingerprint density at radius 3 is 2.30 bits per heavy atom. The summed E-state index contributed by atoms with van der Waals surface area (Å²) in [5.41, 5.74) is 3.13. The summed E-state index contributed by atoms with van der Waals surface area (Å²) in [5.74, 6) is 2.42. The number of nitrogens with one attached hydrogen (secondary N) is 1. The van der Waals surface area contributed by atoms with E-state index in [1.165, 1.54) is 34.5 Å². The Morgan fingerprint density at radius 2 is 1.67 bits per heavy atom. The van der Waals surface area contributed by atoms with Gasteiger partial charge in [0, 0.05) is 48.9 Å². The lowest BCUT2D eigenvalue weighted by Crippen LogP contribution is -2.34. The van der Waals surface area contributed by atoms with Crippen molar-refractivity contribution in [3.05, 3.63) is 59.7 Å². The van der Waals surface area contributed by atoms with E-state index < -0.39 is 10.0 Å². The van der Waals surface area contributed by atoms with Gasteiger partial charge in [0.05, 0.1) is 11.4 Å². The monoisotopic (exact) mass is 445 g/mol. The Balaban J connectivity index is 1.32. The molecule has 4 rings (SSSR count). The second kappa shape index (κ2) is 9.41. The highest BCUT2D eigenvalue weighted by molar-refractivity contribution is 7.99. The standard InChI is InChI=1S/C22H27N3O3S2/c26-22(19-4-8-21(9-5-19)25-11-1-17-30(25,27)28)23-20-6-2-18(3-7-20)10-12-24-13-15-29-16-14-24/h2-9H,1,10-17H2,(H,23,26). The van der Waals surface area contributed by atoms with Gasteiger partial charge in [0.1, 0.15) is 0 Å². The van der Waals surface area contributed by atoms with Crippen molar-refractivity contribution < 1.29 is 13.2 Å². The highest BCUT2D eigenvalue weighted by Crippen LogP contribution is 2.24. The maximum atomic E-state index is 12.5. The smallest absolute Gasteiger partial charge is 0.255 e. The van der Waals surface area contributed by atoms with Crippen molar-refractivity contribution in [2.24, 2.45) is 0 Å². The van der Waals surface area contributed by atoms with E-state index in [2.05, 4.69) is 22.3 Å². The van der Waals surface area contributed by atoms with E-state index in [0.29, 0.717) is 24.2 Å². The van der Waals surface area contributed by atoms with Crippen LogP contribution in [0.3, 0.4) is 0 Å². The minimum Gasteiger partial charge on any atom is -0.322 e. The molecule has 2 fully saturated rings. The van der Waals surface area contributed by atoms with E-state index in [9.17, 15) is 13.2 Å². The van der Waals surface area contributed by atoms with Crippen LogP contribution in [0, 0.1) is 0 Å². The number of rotatable bonds is 6. The van der Waals surface area contributed by atoms with Crippen LogP contribution < -0.4 is 9.62 Å². The Morgan fingerprint density at radius 1 is 0.967 bits per heavy atom. The fraction of sp³-hybridized carbons (Fsp3) is 0.409. The molecule has 1 N–H and O–H groups in total. The van der Waals surface area contributed by atoms with Gasteiger partial charge in [0.2, 0.25) is 10.0 Å². The van der Waals surface area contributed by atoms with Crippen molar-refractivity contribution in [3.8, 4) is 0 Å². The first kappa shape index (κ1) is 21.2. The number of benzene rings is 2. The number of hydrogen-bond donors (Lipinski definition) is 1. The molecule has 2 aromatic rings. The molecule has 2 aromatic carbocycles. The third kappa shape index (κ3) is 5.17. The van der Waals surface area contributed by atoms with E-state index in [-0.39, 0.29) is 11.7 Å². The lowest BCUT2D eigenvalue weighted by molar-refractivity contribution is 0.102. The van der Waals surface area contributed by atoms with Crippen LogP contribution in [0.1, 0.15) is 22.3 Å². The number of sulfonamides is 1. The highest BCUT2D eigenvalue weighted by Gasteiger charge is 2.28. The molecule has 0 aliphatic carbocycles.